The Balaban J connectivity index is 0.000000159. The molecule has 121 heavy (non-hydrogen) atoms. The van der Waals surface area contributed by atoms with Crippen LogP contribution in [0.4, 0.5) is 0 Å². The van der Waals surface area contributed by atoms with Crippen molar-refractivity contribution in [2.24, 2.45) is 0 Å². The summed E-state index contributed by atoms with van der Waals surface area (Å²) in [5.41, 5.74) is 30.5. The zero-order valence-corrected chi connectivity index (χ0v) is 74.2. The van der Waals surface area contributed by atoms with Crippen LogP contribution >= 0.6 is 0 Å². The van der Waals surface area contributed by atoms with Gasteiger partial charge in [0.25, 0.3) is 5.91 Å². The minimum absolute atomic E-state index is 0.00959. The molecule has 12 heteroatoms. The number of benzene rings is 12. The van der Waals surface area contributed by atoms with Crippen LogP contribution in [0, 0.1) is 62.3 Å². The summed E-state index contributed by atoms with van der Waals surface area (Å²) in [7, 11) is 10.3. The van der Waals surface area contributed by atoms with Gasteiger partial charge in [0.05, 0.1) is 12.7 Å². The predicted molar refractivity (Wildman–Crippen MR) is 497 cm³/mol. The maximum atomic E-state index is 12.6. The molecule has 4 amide bonds. The first-order valence-corrected chi connectivity index (χ1v) is 42.1. The molecule has 0 aliphatic heterocycles. The largest absolute Gasteiger partial charge is 0.465 e. The fourth-order valence-electron chi connectivity index (χ4n) is 17.2. The monoisotopic (exact) mass is 1610 g/mol. The summed E-state index contributed by atoms with van der Waals surface area (Å²) in [5.74, 6) is 1.89. The summed E-state index contributed by atoms with van der Waals surface area (Å²) in [6, 6.07) is 94.6. The van der Waals surface area contributed by atoms with Gasteiger partial charge in [0.1, 0.15) is 5.75 Å². The number of methoxy groups -OCH3 is 1. The van der Waals surface area contributed by atoms with Gasteiger partial charge in [-0.1, -0.05) is 218 Å². The summed E-state index contributed by atoms with van der Waals surface area (Å²) < 4.78 is 10.3. The Kier molecular flexibility index (Phi) is 31.8. The molecular weight excluding hydrogens is 1490 g/mol. The predicted octanol–water partition coefficient (Wildman–Crippen LogP) is 24.5. The Hall–Kier alpha value is -12.5. The van der Waals surface area contributed by atoms with Gasteiger partial charge in [-0.25, -0.2) is 4.79 Å². The minimum atomic E-state index is -0.319. The van der Waals surface area contributed by atoms with Crippen molar-refractivity contribution in [2.75, 3.05) is 42.3 Å². The Morgan fingerprint density at radius 2 is 0.504 bits per heavy atom. The standard InChI is InChI=1S/C27H30.C23H23NO.2C22H20O2.C15H27N3O3/c1-19-10-4-7-13-25(19)22-16-23(26-14-8-5-11-20(26)2)18-24(17-22)27-15-9-6-12-21(27)3;1-16-9-5-7-11-21(16)18-13-19(22-12-8-6-10-17(22)2)15-20(14-18)23(25)24(3)4;1-15-8-4-6-10-20(15)17-12-18(14-19(13-17)22(23)24-3)21-11-7-5-9-16(21)2;1-15-8-4-6-10-21(15)18-12-19(14-20(13-18)24-17(3)23)22-11-7-5-9-16(22)2;1-10(19)16(4)13-7-14(17(5)11(2)20)9-15(8-13)18(6)12(3)21/h4-15,22-24H,16-18H2,1-3H3;5-15H,1-4H3;2*4-14H,1-3H3;13-15H,7-9H2,1-6H3. The first-order chi connectivity index (χ1) is 57.9. The number of carbonyl (C=O) groups is 6. The maximum Gasteiger partial charge on any atom is 0.337 e. The number of ether oxygens (including phenoxy) is 2. The fourth-order valence-corrected chi connectivity index (χ4v) is 17.2. The molecule has 0 radical (unpaired) electrons. The van der Waals surface area contributed by atoms with E-state index in [0.29, 0.717) is 34.6 Å². The van der Waals surface area contributed by atoms with E-state index in [1.165, 1.54) is 83.4 Å². The van der Waals surface area contributed by atoms with Gasteiger partial charge in [0.15, 0.2) is 0 Å². The number of aryl methyl sites for hydroxylation is 9. The lowest BCUT2D eigenvalue weighted by molar-refractivity contribution is -0.136. The molecule has 0 unspecified atom stereocenters. The molecule has 0 N–H and O–H groups in total. The van der Waals surface area contributed by atoms with E-state index in [-0.39, 0.29) is 53.7 Å². The molecule has 624 valence electrons. The normalized spacial score (nSPS) is 15.7. The van der Waals surface area contributed by atoms with Crippen molar-refractivity contribution in [3.8, 4) is 72.5 Å². The lowest BCUT2D eigenvalue weighted by Crippen LogP contribution is -2.53. The van der Waals surface area contributed by atoms with Gasteiger partial charge in [0, 0.05) is 86.6 Å². The average Bonchev–Trinajstić information content (AvgIpc) is 0.765. The summed E-state index contributed by atoms with van der Waals surface area (Å²) in [6.07, 6.45) is 6.06. The van der Waals surface area contributed by atoms with E-state index < -0.39 is 0 Å². The highest BCUT2D eigenvalue weighted by Gasteiger charge is 2.38. The number of carbonyl (C=O) groups excluding carboxylic acids is 6. The van der Waals surface area contributed by atoms with Crippen molar-refractivity contribution < 1.29 is 38.2 Å². The number of nitrogens with zero attached hydrogens (tertiary/aromatic N) is 4. The third-order valence-electron chi connectivity index (χ3n) is 24.2. The molecule has 2 aliphatic rings. The SMILES string of the molecule is CC(=O)N(C)C1CC(N(C)C(C)=O)CC(N(C)C(C)=O)C1.CC(=O)Oc1cc(-c2ccccc2C)cc(-c2ccccc2C)c1.COC(=O)c1cc(-c2ccccc2C)cc(-c2ccccc2C)c1.Cc1ccccc1-c1cc(C(=O)N(C)C)cc(-c2ccccc2C)c1.Cc1ccccc1C1CC(c2ccccc2C)CC(c2ccccc2C)C1. The number of hydrogen-bond donors (Lipinski definition) is 0. The second-order valence-corrected chi connectivity index (χ2v) is 32.9. The van der Waals surface area contributed by atoms with Gasteiger partial charge in [-0.05, 0) is 307 Å². The second kappa shape index (κ2) is 42.4. The van der Waals surface area contributed by atoms with E-state index in [2.05, 4.69) is 226 Å². The van der Waals surface area contributed by atoms with E-state index in [9.17, 15) is 28.8 Å². The van der Waals surface area contributed by atoms with Crippen molar-refractivity contribution in [3.05, 3.63) is 351 Å². The maximum absolute atomic E-state index is 12.6. The van der Waals surface area contributed by atoms with Gasteiger partial charge in [-0.2, -0.15) is 0 Å². The molecule has 12 aromatic rings. The quantitative estimate of drug-likeness (QED) is 0.0732. The summed E-state index contributed by atoms with van der Waals surface area (Å²) in [5, 5.41) is 0. The molecule has 0 heterocycles. The zero-order valence-electron chi connectivity index (χ0n) is 74.2. The number of amides is 4. The number of esters is 2. The molecule has 2 fully saturated rings. The van der Waals surface area contributed by atoms with Crippen LogP contribution in [0.15, 0.2) is 273 Å². The summed E-state index contributed by atoms with van der Waals surface area (Å²) >= 11 is 0. The molecule has 0 saturated heterocycles. The highest BCUT2D eigenvalue weighted by Crippen LogP contribution is 2.50. The highest BCUT2D eigenvalue weighted by molar-refractivity contribution is 5.98. The Morgan fingerprint density at radius 3 is 0.719 bits per heavy atom. The van der Waals surface area contributed by atoms with Crippen LogP contribution in [0.3, 0.4) is 0 Å². The van der Waals surface area contributed by atoms with Crippen LogP contribution < -0.4 is 4.74 Å². The molecule has 12 aromatic carbocycles. The van der Waals surface area contributed by atoms with Crippen LogP contribution in [0.5, 0.6) is 5.75 Å². The molecule has 0 spiro atoms. The Morgan fingerprint density at radius 1 is 0.281 bits per heavy atom. The number of hydrogen-bond acceptors (Lipinski definition) is 8. The molecule has 0 bridgehead atoms. The van der Waals surface area contributed by atoms with Crippen molar-refractivity contribution in [1.29, 1.82) is 0 Å². The lowest BCUT2D eigenvalue weighted by atomic mass is 9.67. The third-order valence-corrected chi connectivity index (χ3v) is 24.2. The third kappa shape index (κ3) is 23.7. The van der Waals surface area contributed by atoms with Crippen LogP contribution in [0.2, 0.25) is 0 Å². The summed E-state index contributed by atoms with van der Waals surface area (Å²) in [6.45, 7) is 25.4. The molecule has 0 aromatic heterocycles. The molecule has 0 atom stereocenters. The highest BCUT2D eigenvalue weighted by atomic mass is 16.5. The second-order valence-electron chi connectivity index (χ2n) is 32.9. The average molecular weight is 1610 g/mol. The van der Waals surface area contributed by atoms with Crippen LogP contribution in [0.25, 0.3) is 66.8 Å². The molecule has 12 nitrogen and oxygen atoms in total. The van der Waals surface area contributed by atoms with E-state index in [4.69, 9.17) is 9.47 Å². The Bertz CT molecular complexity index is 5250. The topological polar surface area (TPSA) is 134 Å². The van der Waals surface area contributed by atoms with E-state index >= 15 is 0 Å². The van der Waals surface area contributed by atoms with Crippen molar-refractivity contribution in [2.45, 2.75) is 164 Å². The first kappa shape index (κ1) is 90.8. The Labute approximate surface area is 719 Å². The smallest absolute Gasteiger partial charge is 0.337 e. The van der Waals surface area contributed by atoms with Crippen molar-refractivity contribution in [3.63, 3.8) is 0 Å². The van der Waals surface area contributed by atoms with E-state index in [1.807, 2.05) is 109 Å². The van der Waals surface area contributed by atoms with Crippen LogP contribution in [-0.2, 0) is 23.9 Å². The van der Waals surface area contributed by atoms with Gasteiger partial charge in [-0.15, -0.1) is 0 Å². The van der Waals surface area contributed by atoms with Gasteiger partial charge >= 0.3 is 11.9 Å². The molecular formula is C109H120N4O8. The van der Waals surface area contributed by atoms with Crippen LogP contribution in [-0.4, -0.2) is 116 Å². The van der Waals surface area contributed by atoms with Gasteiger partial charge in [-0.3, -0.25) is 24.0 Å². The first-order valence-electron chi connectivity index (χ1n) is 42.1. The minimum Gasteiger partial charge on any atom is -0.465 e. The summed E-state index contributed by atoms with van der Waals surface area (Å²) in [4.78, 5) is 77.8. The fraction of sp³-hybridized carbons (Fsp3) is 0.284. The van der Waals surface area contributed by atoms with E-state index in [0.717, 1.165) is 86.0 Å². The van der Waals surface area contributed by atoms with Gasteiger partial charge < -0.3 is 29.1 Å². The molecule has 14 rings (SSSR count). The van der Waals surface area contributed by atoms with Crippen molar-refractivity contribution >= 4 is 35.6 Å². The molecule has 2 saturated carbocycles. The van der Waals surface area contributed by atoms with E-state index in [1.54, 1.807) is 92.3 Å². The van der Waals surface area contributed by atoms with Crippen molar-refractivity contribution in [1.82, 2.24) is 19.6 Å². The van der Waals surface area contributed by atoms with Gasteiger partial charge in [0.2, 0.25) is 17.7 Å². The molecule has 2 aliphatic carbocycles. The lowest BCUT2D eigenvalue weighted by Gasteiger charge is -2.44. The van der Waals surface area contributed by atoms with Crippen LogP contribution in [0.1, 0.15) is 171 Å². The number of rotatable bonds is 15. The zero-order chi connectivity index (χ0) is 87.3.